The summed E-state index contributed by atoms with van der Waals surface area (Å²) in [5.41, 5.74) is 12.4. The summed E-state index contributed by atoms with van der Waals surface area (Å²) in [4.78, 5) is 2.44. The van der Waals surface area contributed by atoms with Crippen molar-refractivity contribution in [3.05, 3.63) is 188 Å². The number of fused-ring (bicyclic) bond motifs is 4. The van der Waals surface area contributed by atoms with Crippen LogP contribution in [0.3, 0.4) is 0 Å². The summed E-state index contributed by atoms with van der Waals surface area (Å²) in [5, 5.41) is 5.16. The maximum absolute atomic E-state index is 2.44. The lowest BCUT2D eigenvalue weighted by Gasteiger charge is -2.27. The van der Waals surface area contributed by atoms with E-state index in [4.69, 9.17) is 0 Å². The number of anilines is 3. The Morgan fingerprint density at radius 3 is 1.83 bits per heavy atom. The molecule has 0 amide bonds. The third-order valence-corrected chi connectivity index (χ3v) is 12.6. The van der Waals surface area contributed by atoms with Crippen molar-refractivity contribution in [2.45, 2.75) is 38.0 Å². The van der Waals surface area contributed by atoms with Crippen molar-refractivity contribution in [2.24, 2.45) is 0 Å². The van der Waals surface area contributed by atoms with Crippen LogP contribution in [0, 0.1) is 0 Å². The van der Waals surface area contributed by atoms with Crippen LogP contribution in [-0.4, -0.2) is 0 Å². The van der Waals surface area contributed by atoms with Gasteiger partial charge in [0.1, 0.15) is 0 Å². The Morgan fingerprint density at radius 1 is 0.407 bits per heavy atom. The maximum Gasteiger partial charge on any atom is 0.0476 e. The Morgan fingerprint density at radius 2 is 1.04 bits per heavy atom. The van der Waals surface area contributed by atoms with Gasteiger partial charge in [0.25, 0.3) is 0 Å². The third-order valence-electron chi connectivity index (χ3n) is 11.5. The fourth-order valence-corrected chi connectivity index (χ4v) is 9.87. The van der Waals surface area contributed by atoms with Crippen LogP contribution in [0.4, 0.5) is 17.1 Å². The van der Waals surface area contributed by atoms with Gasteiger partial charge in [0.2, 0.25) is 0 Å². The Balaban J connectivity index is 1.10. The van der Waals surface area contributed by atoms with Crippen molar-refractivity contribution in [3.8, 4) is 33.4 Å². The topological polar surface area (TPSA) is 3.24 Å². The molecule has 0 unspecified atom stereocenters. The van der Waals surface area contributed by atoms with Crippen molar-refractivity contribution < 1.29 is 0 Å². The molecular formula is C52H41NS. The average molecular weight is 712 g/mol. The minimum Gasteiger partial charge on any atom is -0.310 e. The second kappa shape index (κ2) is 14.1. The molecule has 0 spiro atoms. The van der Waals surface area contributed by atoms with E-state index in [9.17, 15) is 0 Å². The lowest BCUT2D eigenvalue weighted by atomic mass is 9.84. The molecule has 54 heavy (non-hydrogen) atoms. The molecule has 0 atom stereocenters. The Bertz CT molecular complexity index is 2730. The Labute approximate surface area is 321 Å². The van der Waals surface area contributed by atoms with Crippen molar-refractivity contribution in [2.75, 3.05) is 4.90 Å². The van der Waals surface area contributed by atoms with Crippen molar-refractivity contribution in [3.63, 3.8) is 0 Å². The van der Waals surface area contributed by atoms with Crippen LogP contribution < -0.4 is 4.90 Å². The summed E-state index contributed by atoms with van der Waals surface area (Å²) < 4.78 is 2.64. The zero-order chi connectivity index (χ0) is 35.8. The first kappa shape index (κ1) is 32.7. The predicted molar refractivity (Wildman–Crippen MR) is 234 cm³/mol. The number of hydrogen-bond acceptors (Lipinski definition) is 2. The highest BCUT2D eigenvalue weighted by Gasteiger charge is 2.20. The minimum absolute atomic E-state index is 0.678. The summed E-state index contributed by atoms with van der Waals surface area (Å²) in [7, 11) is 0. The first-order chi connectivity index (χ1) is 26.8. The van der Waals surface area contributed by atoms with E-state index in [2.05, 4.69) is 187 Å². The zero-order valence-electron chi connectivity index (χ0n) is 30.3. The van der Waals surface area contributed by atoms with E-state index in [1.807, 2.05) is 11.3 Å². The SMILES string of the molecule is c1ccc(-c2cccc(-c3ccc4ccccc4c3)c2-c2ccc(N(c3ccc(C4CCCCC4)cc3)c3ccc4c(c3)sc3ccccc34)cc2)cc1. The molecule has 1 aromatic heterocycles. The van der Waals surface area contributed by atoms with Crippen molar-refractivity contribution >= 4 is 59.3 Å². The lowest BCUT2D eigenvalue weighted by Crippen LogP contribution is -2.10. The van der Waals surface area contributed by atoms with Crippen LogP contribution in [0.2, 0.25) is 0 Å². The minimum atomic E-state index is 0.678. The Kier molecular flexibility index (Phi) is 8.54. The molecule has 9 aromatic rings. The van der Waals surface area contributed by atoms with Crippen LogP contribution >= 0.6 is 11.3 Å². The number of hydrogen-bond donors (Lipinski definition) is 0. The monoisotopic (exact) mass is 711 g/mol. The van der Waals surface area contributed by atoms with Gasteiger partial charge in [0.05, 0.1) is 0 Å². The zero-order valence-corrected chi connectivity index (χ0v) is 31.1. The van der Waals surface area contributed by atoms with Crippen LogP contribution in [0.25, 0.3) is 64.3 Å². The highest BCUT2D eigenvalue weighted by Crippen LogP contribution is 2.44. The van der Waals surface area contributed by atoms with E-state index < -0.39 is 0 Å². The molecule has 2 heteroatoms. The van der Waals surface area contributed by atoms with Gasteiger partial charge in [-0.2, -0.15) is 0 Å². The molecule has 1 aliphatic rings. The highest BCUT2D eigenvalue weighted by atomic mass is 32.1. The summed E-state index contributed by atoms with van der Waals surface area (Å²) in [6.07, 6.45) is 6.67. The van der Waals surface area contributed by atoms with Gasteiger partial charge in [-0.1, -0.05) is 153 Å². The van der Waals surface area contributed by atoms with Crippen LogP contribution in [0.1, 0.15) is 43.6 Å². The largest absolute Gasteiger partial charge is 0.310 e. The molecule has 1 saturated carbocycles. The molecule has 10 rings (SSSR count). The molecule has 1 nitrogen and oxygen atoms in total. The van der Waals surface area contributed by atoms with Gasteiger partial charge < -0.3 is 4.90 Å². The van der Waals surface area contributed by atoms with Gasteiger partial charge >= 0.3 is 0 Å². The smallest absolute Gasteiger partial charge is 0.0476 e. The number of benzene rings is 8. The van der Waals surface area contributed by atoms with E-state index in [-0.39, 0.29) is 0 Å². The highest BCUT2D eigenvalue weighted by molar-refractivity contribution is 7.25. The van der Waals surface area contributed by atoms with Gasteiger partial charge in [-0.05, 0) is 117 Å². The van der Waals surface area contributed by atoms with Gasteiger partial charge in [-0.25, -0.2) is 0 Å². The third kappa shape index (κ3) is 6.07. The second-order valence-electron chi connectivity index (χ2n) is 14.7. The van der Waals surface area contributed by atoms with Gasteiger partial charge in [-0.3, -0.25) is 0 Å². The summed E-state index contributed by atoms with van der Waals surface area (Å²) in [5.74, 6) is 0.678. The van der Waals surface area contributed by atoms with Gasteiger partial charge in [0, 0.05) is 37.2 Å². The molecule has 8 aromatic carbocycles. The molecule has 1 heterocycles. The second-order valence-corrected chi connectivity index (χ2v) is 15.8. The quantitative estimate of drug-likeness (QED) is 0.159. The molecule has 1 aliphatic carbocycles. The molecule has 1 fully saturated rings. The fourth-order valence-electron chi connectivity index (χ4n) is 8.73. The summed E-state index contributed by atoms with van der Waals surface area (Å²) in [6.45, 7) is 0. The van der Waals surface area contributed by atoms with Crippen molar-refractivity contribution in [1.29, 1.82) is 0 Å². The predicted octanol–water partition coefficient (Wildman–Crippen LogP) is 15.7. The van der Waals surface area contributed by atoms with Crippen molar-refractivity contribution in [1.82, 2.24) is 0 Å². The van der Waals surface area contributed by atoms with E-state index in [1.165, 1.54) is 113 Å². The number of nitrogens with zero attached hydrogens (tertiary/aromatic N) is 1. The molecular weight excluding hydrogens is 671 g/mol. The lowest BCUT2D eigenvalue weighted by molar-refractivity contribution is 0.443. The van der Waals surface area contributed by atoms with E-state index in [1.54, 1.807) is 0 Å². The number of rotatable bonds is 7. The summed E-state index contributed by atoms with van der Waals surface area (Å²) >= 11 is 1.88. The van der Waals surface area contributed by atoms with Crippen LogP contribution in [0.15, 0.2) is 182 Å². The van der Waals surface area contributed by atoms with Crippen LogP contribution in [0.5, 0.6) is 0 Å². The fraction of sp³-hybridized carbons (Fsp3) is 0.115. The standard InChI is InChI=1S/C52H41NS/c1-3-12-36(13-4-1)38-24-28-43(29-25-38)53(45-32-33-49-48-18-9-10-21-50(48)54-51(49)35-45)44-30-26-40(27-31-44)52-46(39-15-5-2-6-16-39)19-11-20-47(52)42-23-22-37-14-7-8-17-41(37)34-42/h2,5-11,14-36H,1,3-4,12-13H2. The summed E-state index contributed by atoms with van der Waals surface area (Å²) in [6, 6.07) is 67.5. The normalized spacial score (nSPS) is 13.5. The van der Waals surface area contributed by atoms with E-state index in [0.29, 0.717) is 5.92 Å². The molecule has 260 valence electrons. The van der Waals surface area contributed by atoms with E-state index >= 15 is 0 Å². The molecule has 0 radical (unpaired) electrons. The first-order valence-electron chi connectivity index (χ1n) is 19.4. The first-order valence-corrected chi connectivity index (χ1v) is 20.2. The average Bonchev–Trinajstić information content (AvgIpc) is 3.62. The Hall–Kier alpha value is -5.96. The molecule has 0 bridgehead atoms. The van der Waals surface area contributed by atoms with Gasteiger partial charge in [0.15, 0.2) is 0 Å². The molecule has 0 N–H and O–H groups in total. The van der Waals surface area contributed by atoms with Crippen LogP contribution in [-0.2, 0) is 0 Å². The van der Waals surface area contributed by atoms with E-state index in [0.717, 1.165) is 5.69 Å². The maximum atomic E-state index is 2.44. The molecule has 0 aliphatic heterocycles. The molecule has 0 saturated heterocycles. The van der Waals surface area contributed by atoms with Gasteiger partial charge in [-0.15, -0.1) is 11.3 Å². The number of thiophene rings is 1.